The van der Waals surface area contributed by atoms with Gasteiger partial charge in [-0.2, -0.15) is 0 Å². The van der Waals surface area contributed by atoms with Crippen LogP contribution >= 0.6 is 11.6 Å². The average Bonchev–Trinajstić information content (AvgIpc) is 2.54. The van der Waals surface area contributed by atoms with Gasteiger partial charge in [-0.1, -0.05) is 48.0 Å². The Morgan fingerprint density at radius 3 is 2.61 bits per heavy atom. The van der Waals surface area contributed by atoms with Crippen molar-refractivity contribution in [3.63, 3.8) is 0 Å². The van der Waals surface area contributed by atoms with Gasteiger partial charge in [-0.25, -0.2) is 9.59 Å². The first kappa shape index (κ1) is 15.3. The van der Waals surface area contributed by atoms with Gasteiger partial charge in [0, 0.05) is 16.0 Å². The molecule has 2 aromatic carbocycles. The molecule has 1 heterocycles. The Hall–Kier alpha value is -2.59. The Morgan fingerprint density at radius 1 is 1.13 bits per heavy atom. The molecule has 0 radical (unpaired) electrons. The smallest absolute Gasteiger partial charge is 0.351 e. The molecule has 0 spiro atoms. The second-order valence-corrected chi connectivity index (χ2v) is 5.46. The molecule has 0 saturated heterocycles. The summed E-state index contributed by atoms with van der Waals surface area (Å²) < 4.78 is 10.5. The van der Waals surface area contributed by atoms with Crippen LogP contribution in [0.25, 0.3) is 11.0 Å². The number of esters is 1. The number of hydrogen-bond donors (Lipinski definition) is 0. The first-order chi connectivity index (χ1) is 11.1. The molecule has 0 aliphatic rings. The molecule has 23 heavy (non-hydrogen) atoms. The Labute approximate surface area is 137 Å². The predicted molar refractivity (Wildman–Crippen MR) is 87.8 cm³/mol. The van der Waals surface area contributed by atoms with Gasteiger partial charge in [0.2, 0.25) is 0 Å². The number of halogens is 1. The number of para-hydroxylation sites is 1. The summed E-state index contributed by atoms with van der Waals surface area (Å²) >= 11 is 6.09. The summed E-state index contributed by atoms with van der Waals surface area (Å²) in [5.41, 5.74) is 0.239. The number of rotatable bonds is 3. The molecule has 0 N–H and O–H groups in total. The molecule has 5 heteroatoms. The standard InChI is InChI=1S/C18H13ClO4/c1-11(13-7-3-4-8-15(13)19)22-17(20)14-10-12-6-2-5-9-16(12)23-18(14)21/h2-11H,1H3/t11-/m1/s1. The van der Waals surface area contributed by atoms with Crippen LogP contribution in [0.1, 0.15) is 28.9 Å². The quantitative estimate of drug-likeness (QED) is 0.529. The highest BCUT2D eigenvalue weighted by Gasteiger charge is 2.19. The van der Waals surface area contributed by atoms with Crippen molar-refractivity contribution in [1.29, 1.82) is 0 Å². The average molecular weight is 329 g/mol. The molecule has 3 rings (SSSR count). The summed E-state index contributed by atoms with van der Waals surface area (Å²) in [5.74, 6) is -0.739. The summed E-state index contributed by atoms with van der Waals surface area (Å²) in [6.07, 6.45) is -0.581. The van der Waals surface area contributed by atoms with E-state index in [4.69, 9.17) is 20.8 Å². The van der Waals surface area contributed by atoms with Crippen LogP contribution in [0.3, 0.4) is 0 Å². The fourth-order valence-corrected chi connectivity index (χ4v) is 2.59. The number of ether oxygens (including phenoxy) is 1. The molecule has 0 fully saturated rings. The molecule has 4 nitrogen and oxygen atoms in total. The lowest BCUT2D eigenvalue weighted by Gasteiger charge is -2.14. The van der Waals surface area contributed by atoms with Gasteiger partial charge < -0.3 is 9.15 Å². The zero-order valence-electron chi connectivity index (χ0n) is 12.3. The van der Waals surface area contributed by atoms with Crippen LogP contribution in [0.15, 0.2) is 63.8 Å². The number of carbonyl (C=O) groups excluding carboxylic acids is 1. The second kappa shape index (κ2) is 6.26. The minimum atomic E-state index is -0.739. The summed E-state index contributed by atoms with van der Waals surface area (Å²) in [7, 11) is 0. The lowest BCUT2D eigenvalue weighted by atomic mass is 10.1. The molecule has 0 unspecified atom stereocenters. The van der Waals surface area contributed by atoms with Crippen LogP contribution in [0, 0.1) is 0 Å². The van der Waals surface area contributed by atoms with E-state index in [2.05, 4.69) is 0 Å². The first-order valence-electron chi connectivity index (χ1n) is 7.04. The Bertz CT molecular complexity index is 929. The number of fused-ring (bicyclic) bond motifs is 1. The first-order valence-corrected chi connectivity index (χ1v) is 7.42. The largest absolute Gasteiger partial charge is 0.454 e. The molecular formula is C18H13ClO4. The molecule has 0 bridgehead atoms. The van der Waals surface area contributed by atoms with E-state index in [1.165, 1.54) is 6.07 Å². The lowest BCUT2D eigenvalue weighted by Crippen LogP contribution is -2.18. The van der Waals surface area contributed by atoms with E-state index < -0.39 is 17.7 Å². The minimum absolute atomic E-state index is 0.136. The molecule has 3 aromatic rings. The van der Waals surface area contributed by atoms with Gasteiger partial charge >= 0.3 is 11.6 Å². The Balaban J connectivity index is 1.90. The van der Waals surface area contributed by atoms with Crippen molar-refractivity contribution in [2.24, 2.45) is 0 Å². The minimum Gasteiger partial charge on any atom is -0.454 e. The van der Waals surface area contributed by atoms with E-state index in [9.17, 15) is 9.59 Å². The van der Waals surface area contributed by atoms with Crippen molar-refractivity contribution < 1.29 is 13.9 Å². The van der Waals surface area contributed by atoms with Crippen LogP contribution in [-0.2, 0) is 4.74 Å². The predicted octanol–water partition coefficient (Wildman–Crippen LogP) is 4.36. The zero-order valence-corrected chi connectivity index (χ0v) is 13.0. The molecule has 116 valence electrons. The highest BCUT2D eigenvalue weighted by atomic mass is 35.5. The molecule has 0 aliphatic heterocycles. The van der Waals surface area contributed by atoms with Crippen molar-refractivity contribution in [1.82, 2.24) is 0 Å². The number of benzene rings is 2. The number of carbonyl (C=O) groups is 1. The van der Waals surface area contributed by atoms with Gasteiger partial charge in [0.15, 0.2) is 0 Å². The molecule has 0 aliphatic carbocycles. The van der Waals surface area contributed by atoms with E-state index in [0.29, 0.717) is 21.6 Å². The monoisotopic (exact) mass is 328 g/mol. The van der Waals surface area contributed by atoms with Crippen LogP contribution in [0.4, 0.5) is 0 Å². The van der Waals surface area contributed by atoms with Crippen LogP contribution in [0.2, 0.25) is 5.02 Å². The maximum atomic E-state index is 12.3. The summed E-state index contributed by atoms with van der Waals surface area (Å²) in [6.45, 7) is 1.70. The SMILES string of the molecule is C[C@@H](OC(=O)c1cc2ccccc2oc1=O)c1ccccc1Cl. The van der Waals surface area contributed by atoms with Gasteiger partial charge in [-0.05, 0) is 25.1 Å². The van der Waals surface area contributed by atoms with E-state index in [1.807, 2.05) is 0 Å². The van der Waals surface area contributed by atoms with Crippen LogP contribution in [0.5, 0.6) is 0 Å². The third-order valence-corrected chi connectivity index (χ3v) is 3.83. The van der Waals surface area contributed by atoms with Gasteiger partial charge in [0.1, 0.15) is 17.3 Å². The van der Waals surface area contributed by atoms with Crippen LogP contribution in [-0.4, -0.2) is 5.97 Å². The van der Waals surface area contributed by atoms with Gasteiger partial charge in [0.25, 0.3) is 0 Å². The van der Waals surface area contributed by atoms with E-state index in [0.717, 1.165) is 0 Å². The third-order valence-electron chi connectivity index (χ3n) is 3.49. The summed E-state index contributed by atoms with van der Waals surface area (Å²) in [6, 6.07) is 15.5. The molecule has 1 atom stereocenters. The third kappa shape index (κ3) is 3.12. The second-order valence-electron chi connectivity index (χ2n) is 5.05. The summed E-state index contributed by atoms with van der Waals surface area (Å²) in [5, 5.41) is 1.16. The van der Waals surface area contributed by atoms with Crippen molar-refractivity contribution in [3.8, 4) is 0 Å². The zero-order chi connectivity index (χ0) is 16.4. The van der Waals surface area contributed by atoms with E-state index >= 15 is 0 Å². The van der Waals surface area contributed by atoms with Gasteiger partial charge in [-0.15, -0.1) is 0 Å². The topological polar surface area (TPSA) is 56.5 Å². The molecule has 1 aromatic heterocycles. The van der Waals surface area contributed by atoms with Crippen molar-refractivity contribution in [3.05, 3.63) is 81.2 Å². The highest BCUT2D eigenvalue weighted by molar-refractivity contribution is 6.31. The fraction of sp³-hybridized carbons (Fsp3) is 0.111. The maximum Gasteiger partial charge on any atom is 0.351 e. The van der Waals surface area contributed by atoms with Crippen molar-refractivity contribution in [2.75, 3.05) is 0 Å². The molecule has 0 amide bonds. The lowest BCUT2D eigenvalue weighted by molar-refractivity contribution is 0.0333. The van der Waals surface area contributed by atoms with Gasteiger partial charge in [-0.3, -0.25) is 0 Å². The van der Waals surface area contributed by atoms with Gasteiger partial charge in [0.05, 0.1) is 0 Å². The molecule has 0 saturated carbocycles. The van der Waals surface area contributed by atoms with E-state index in [1.54, 1.807) is 55.5 Å². The van der Waals surface area contributed by atoms with Crippen molar-refractivity contribution in [2.45, 2.75) is 13.0 Å². The Kier molecular flexibility index (Phi) is 4.17. The number of hydrogen-bond acceptors (Lipinski definition) is 4. The van der Waals surface area contributed by atoms with Crippen molar-refractivity contribution >= 4 is 28.5 Å². The fourth-order valence-electron chi connectivity index (χ4n) is 2.30. The molecular weight excluding hydrogens is 316 g/mol. The maximum absolute atomic E-state index is 12.3. The Morgan fingerprint density at radius 2 is 1.83 bits per heavy atom. The van der Waals surface area contributed by atoms with E-state index in [-0.39, 0.29) is 5.56 Å². The van der Waals surface area contributed by atoms with Crippen LogP contribution < -0.4 is 5.63 Å². The normalized spacial score (nSPS) is 12.1. The highest BCUT2D eigenvalue weighted by Crippen LogP contribution is 2.25. The summed E-state index contributed by atoms with van der Waals surface area (Å²) in [4.78, 5) is 24.2.